The van der Waals surface area contributed by atoms with E-state index in [1.165, 1.54) is 0 Å². The van der Waals surface area contributed by atoms with Crippen LogP contribution in [0.25, 0.3) is 0 Å². The zero-order valence-electron chi connectivity index (χ0n) is 34.2. The summed E-state index contributed by atoms with van der Waals surface area (Å²) in [5, 5.41) is 42.7. The number of esters is 1. The second-order valence-corrected chi connectivity index (χ2v) is 13.8. The number of aliphatic carboxylic acids is 1. The number of aliphatic hydroxyl groups excluding tert-OH is 1. The van der Waals surface area contributed by atoms with E-state index in [0.29, 0.717) is 32.5 Å². The Labute approximate surface area is 367 Å². The zero-order chi connectivity index (χ0) is 42.8. The maximum absolute atomic E-state index is 11.6. The predicted molar refractivity (Wildman–Crippen MR) is 246 cm³/mol. The lowest BCUT2D eigenvalue weighted by atomic mass is 9.98. The number of aromatic nitrogens is 1. The average Bonchev–Trinajstić information content (AvgIpc) is 3.24. The minimum absolute atomic E-state index is 0. The number of carbonyl (C=O) groups excluding carboxylic acids is 1. The number of aliphatic hydroxyl groups is 1. The van der Waals surface area contributed by atoms with Crippen LogP contribution in [0.15, 0.2) is 134 Å². The number of aromatic hydroxyl groups is 1. The second kappa shape index (κ2) is 29.7. The van der Waals surface area contributed by atoms with Crippen molar-refractivity contribution in [1.29, 1.82) is 0 Å². The van der Waals surface area contributed by atoms with Crippen LogP contribution in [0, 0.1) is 0 Å². The maximum atomic E-state index is 11.6. The summed E-state index contributed by atoms with van der Waals surface area (Å²) in [5.74, 6) is 0.917. The van der Waals surface area contributed by atoms with E-state index in [0.717, 1.165) is 75.6 Å². The first kappa shape index (κ1) is 51.6. The molecule has 0 spiro atoms. The van der Waals surface area contributed by atoms with E-state index >= 15 is 0 Å². The number of ether oxygens (including phenoxy) is 2. The number of allylic oxidation sites excluding steroid dienone is 1. The van der Waals surface area contributed by atoms with E-state index in [-0.39, 0.29) is 52.2 Å². The third-order valence-electron chi connectivity index (χ3n) is 9.15. The normalized spacial score (nSPS) is 12.4. The van der Waals surface area contributed by atoms with Crippen molar-refractivity contribution in [3.05, 3.63) is 167 Å². The van der Waals surface area contributed by atoms with Crippen LogP contribution < -0.4 is 15.4 Å². The summed E-state index contributed by atoms with van der Waals surface area (Å²) in [7, 11) is 0. The molecule has 0 saturated heterocycles. The minimum Gasteiger partial charge on any atom is -0.508 e. The largest absolute Gasteiger partial charge is 0.508 e. The van der Waals surface area contributed by atoms with Gasteiger partial charge in [0.05, 0.1) is 26.1 Å². The summed E-state index contributed by atoms with van der Waals surface area (Å²) in [6.45, 7) is 4.51. The van der Waals surface area contributed by atoms with Gasteiger partial charge in [-0.15, -0.1) is 0 Å². The number of hydrogen-bond donors (Lipinski definition) is 6. The summed E-state index contributed by atoms with van der Waals surface area (Å²) in [6, 6.07) is 36.4. The fourth-order valence-electron chi connectivity index (χ4n) is 6.23. The van der Waals surface area contributed by atoms with Crippen LogP contribution in [-0.2, 0) is 40.0 Å². The van der Waals surface area contributed by atoms with Gasteiger partial charge in [0.25, 0.3) is 6.17 Å². The van der Waals surface area contributed by atoms with Crippen molar-refractivity contribution in [3.8, 4) is 11.5 Å². The van der Waals surface area contributed by atoms with Gasteiger partial charge in [0.1, 0.15) is 17.3 Å². The van der Waals surface area contributed by atoms with Crippen molar-refractivity contribution >= 4 is 24.0 Å². The van der Waals surface area contributed by atoms with E-state index in [1.54, 1.807) is 31.5 Å². The monoisotopic (exact) mass is 849 g/mol. The SMILES string of the molecule is C.C.CCOC(=O)Cc1ccccc1Cc1cccc(O)c1.O=C(O)Cc1ccccc1Cc1cccc(OCCCNc2ccccn2)c1.OCCCNC1CC=CC=[N+]1O. The van der Waals surface area contributed by atoms with Gasteiger partial charge in [-0.1, -0.05) is 99.8 Å². The van der Waals surface area contributed by atoms with E-state index in [4.69, 9.17) is 19.7 Å². The number of pyridine rings is 1. The number of nitrogens with one attached hydrogen (secondary N) is 2. The zero-order valence-corrected chi connectivity index (χ0v) is 34.2. The van der Waals surface area contributed by atoms with Crippen LogP contribution in [0.2, 0.25) is 0 Å². The summed E-state index contributed by atoms with van der Waals surface area (Å²) in [5.41, 5.74) is 6.03. The van der Waals surface area contributed by atoms with Crippen LogP contribution in [0.4, 0.5) is 5.82 Å². The molecule has 0 radical (unpaired) electrons. The molecular formula is C50H65N4O8+. The highest BCUT2D eigenvalue weighted by Gasteiger charge is 2.19. The van der Waals surface area contributed by atoms with Gasteiger partial charge in [-0.25, -0.2) is 4.98 Å². The molecule has 2 heterocycles. The number of rotatable bonds is 19. The second-order valence-electron chi connectivity index (χ2n) is 13.8. The first-order chi connectivity index (χ1) is 29.2. The van der Waals surface area contributed by atoms with Crippen molar-refractivity contribution in [2.24, 2.45) is 0 Å². The number of carboxylic acids is 1. The average molecular weight is 850 g/mol. The third kappa shape index (κ3) is 19.7. The Hall–Kier alpha value is -6.50. The highest BCUT2D eigenvalue weighted by Crippen LogP contribution is 2.21. The molecule has 1 aliphatic heterocycles. The number of phenols is 1. The lowest BCUT2D eigenvalue weighted by molar-refractivity contribution is -0.799. The van der Waals surface area contributed by atoms with Crippen molar-refractivity contribution in [2.45, 2.75) is 72.9 Å². The molecule has 6 rings (SSSR count). The van der Waals surface area contributed by atoms with Crippen LogP contribution in [0.1, 0.15) is 74.4 Å². The first-order valence-corrected chi connectivity index (χ1v) is 20.2. The Morgan fingerprint density at radius 1 is 0.790 bits per heavy atom. The first-order valence-electron chi connectivity index (χ1n) is 20.2. The number of phenolic OH excluding ortho intramolecular Hbond substituents is 1. The highest BCUT2D eigenvalue weighted by atomic mass is 16.5. The molecule has 62 heavy (non-hydrogen) atoms. The molecule has 0 amide bonds. The van der Waals surface area contributed by atoms with Gasteiger partial charge in [-0.2, -0.15) is 0 Å². The highest BCUT2D eigenvalue weighted by molar-refractivity contribution is 5.73. The molecule has 0 fully saturated rings. The maximum Gasteiger partial charge on any atom is 0.310 e. The van der Waals surface area contributed by atoms with E-state index in [9.17, 15) is 19.9 Å². The molecule has 12 heteroatoms. The van der Waals surface area contributed by atoms with Crippen molar-refractivity contribution < 1.29 is 44.3 Å². The van der Waals surface area contributed by atoms with E-state index < -0.39 is 5.97 Å². The number of hydrogen-bond acceptors (Lipinski definition) is 10. The van der Waals surface area contributed by atoms with Crippen LogP contribution in [0.5, 0.6) is 11.5 Å². The van der Waals surface area contributed by atoms with Crippen LogP contribution >= 0.6 is 0 Å². The van der Waals surface area contributed by atoms with Gasteiger partial charge in [-0.05, 0) is 107 Å². The summed E-state index contributed by atoms with van der Waals surface area (Å²) < 4.78 is 12.0. The molecule has 0 saturated carbocycles. The standard InChI is InChI=1S/C23H24N2O3.C17H18O3.C8H15N2O2.2CH4/c26-23(27)17-20-9-2-1-8-19(20)15-18-7-5-10-21(16-18)28-14-6-13-25-22-11-3-4-12-24-22;1-2-20-17(19)12-15-8-4-3-7-14(15)10-13-6-5-9-16(18)11-13;11-7-3-5-9-8-4-1-2-6-10(8)12;;/h1-5,7-12,16H,6,13-15,17H2,(H,24,25)(H,26,27);3-9,11,18H,2,10,12H2,1H3;1-2,6,8-9,11-12H,3-5,7H2;2*1H4/q;;+1;;. The molecule has 0 bridgehead atoms. The van der Waals surface area contributed by atoms with Gasteiger partial charge in [0.15, 0.2) is 0 Å². The fraction of sp³-hybridized carbons (Fsp3) is 0.320. The van der Waals surface area contributed by atoms with Gasteiger partial charge in [0, 0.05) is 38.4 Å². The summed E-state index contributed by atoms with van der Waals surface area (Å²) >= 11 is 0. The molecule has 5 aromatic rings. The topological polar surface area (TPSA) is 173 Å². The van der Waals surface area contributed by atoms with Crippen molar-refractivity contribution in [2.75, 3.05) is 38.2 Å². The number of hydroxylamine groups is 1. The smallest absolute Gasteiger partial charge is 0.310 e. The molecule has 12 nitrogen and oxygen atoms in total. The van der Waals surface area contributed by atoms with Crippen LogP contribution in [-0.4, -0.2) is 87.5 Å². The van der Waals surface area contributed by atoms with E-state index in [1.807, 2.05) is 115 Å². The molecule has 4 aromatic carbocycles. The predicted octanol–water partition coefficient (Wildman–Crippen LogP) is 8.26. The number of benzene rings is 4. The van der Waals surface area contributed by atoms with Crippen molar-refractivity contribution in [1.82, 2.24) is 10.3 Å². The molecule has 332 valence electrons. The summed E-state index contributed by atoms with van der Waals surface area (Å²) in [6.07, 6.45) is 11.2. The minimum atomic E-state index is -0.816. The molecule has 0 aliphatic carbocycles. The van der Waals surface area contributed by atoms with Gasteiger partial charge < -0.3 is 30.1 Å². The molecular weight excluding hydrogens is 785 g/mol. The number of anilines is 1. The number of carboxylic acid groups (broad SMARTS) is 1. The van der Waals surface area contributed by atoms with Crippen molar-refractivity contribution in [3.63, 3.8) is 0 Å². The Balaban J connectivity index is 0.000000341. The lowest BCUT2D eigenvalue weighted by Gasteiger charge is -2.11. The third-order valence-corrected chi connectivity index (χ3v) is 9.15. The summed E-state index contributed by atoms with van der Waals surface area (Å²) in [4.78, 5) is 26.9. The lowest BCUT2D eigenvalue weighted by Crippen LogP contribution is -2.40. The number of nitrogens with zero attached hydrogens (tertiary/aromatic N) is 2. The Bertz CT molecular complexity index is 2110. The number of carbonyl (C=O) groups is 2. The quantitative estimate of drug-likeness (QED) is 0.0204. The fourth-order valence-corrected chi connectivity index (χ4v) is 6.23. The van der Waals surface area contributed by atoms with Gasteiger partial charge in [-0.3, -0.25) is 20.1 Å². The molecule has 1 aliphatic rings. The Morgan fingerprint density at radius 2 is 1.44 bits per heavy atom. The molecule has 1 atom stereocenters. The Morgan fingerprint density at radius 3 is 2.05 bits per heavy atom. The van der Waals surface area contributed by atoms with Gasteiger partial charge >= 0.3 is 11.9 Å². The van der Waals surface area contributed by atoms with Crippen LogP contribution in [0.3, 0.4) is 0 Å². The Kier molecular flexibility index (Phi) is 24.7. The van der Waals surface area contributed by atoms with E-state index in [2.05, 4.69) is 15.6 Å². The van der Waals surface area contributed by atoms with Gasteiger partial charge in [0.2, 0.25) is 6.21 Å². The molecule has 1 aromatic heterocycles. The molecule has 6 N–H and O–H groups in total. The molecule has 1 unspecified atom stereocenters.